The zero-order valence-electron chi connectivity index (χ0n) is 15.9. The van der Waals surface area contributed by atoms with Crippen molar-refractivity contribution in [2.24, 2.45) is 0 Å². The zero-order valence-corrected chi connectivity index (χ0v) is 16.7. The fraction of sp³-hybridized carbons (Fsp3) is 0.600. The van der Waals surface area contributed by atoms with E-state index >= 15 is 0 Å². The summed E-state index contributed by atoms with van der Waals surface area (Å²) in [5, 5.41) is 1.32. The highest BCUT2D eigenvalue weighted by Crippen LogP contribution is 2.41. The maximum Gasteiger partial charge on any atom is 0.219 e. The Morgan fingerprint density at radius 1 is 1.19 bits per heavy atom. The maximum atomic E-state index is 12.3. The first-order chi connectivity index (χ1) is 13.2. The van der Waals surface area contributed by atoms with Crippen LogP contribution in [0.3, 0.4) is 0 Å². The number of nitrogens with zero attached hydrogens (tertiary/aromatic N) is 5. The van der Waals surface area contributed by atoms with Gasteiger partial charge in [0.05, 0.1) is 5.01 Å². The van der Waals surface area contributed by atoms with Gasteiger partial charge in [-0.3, -0.25) is 9.69 Å². The quantitative estimate of drug-likeness (QED) is 0.764. The second-order valence-electron chi connectivity index (χ2n) is 7.69. The summed E-state index contributed by atoms with van der Waals surface area (Å²) in [6.45, 7) is 5.37. The summed E-state index contributed by atoms with van der Waals surface area (Å²) < 4.78 is 0. The largest absolute Gasteiger partial charge is 0.335 e. The van der Waals surface area contributed by atoms with E-state index in [1.165, 1.54) is 29.1 Å². The molecule has 0 unspecified atom stereocenters. The molecule has 6 nitrogen and oxygen atoms in total. The van der Waals surface area contributed by atoms with E-state index in [2.05, 4.69) is 26.0 Å². The molecule has 0 aromatic carbocycles. The second kappa shape index (κ2) is 8.44. The van der Waals surface area contributed by atoms with Crippen molar-refractivity contribution in [3.05, 3.63) is 40.4 Å². The lowest BCUT2D eigenvalue weighted by molar-refractivity contribution is -0.132. The minimum atomic E-state index is 0.133. The number of rotatable bonds is 6. The topological polar surface area (TPSA) is 62.2 Å². The molecule has 0 N–H and O–H groups in total. The second-order valence-corrected chi connectivity index (χ2v) is 8.84. The van der Waals surface area contributed by atoms with Crippen LogP contribution in [0.25, 0.3) is 0 Å². The number of thiazole rings is 1. The number of aromatic nitrogens is 3. The summed E-state index contributed by atoms with van der Waals surface area (Å²) in [4.78, 5) is 30.9. The Labute approximate surface area is 164 Å². The summed E-state index contributed by atoms with van der Waals surface area (Å²) in [6, 6.07) is 0.288. The fourth-order valence-electron chi connectivity index (χ4n) is 3.85. The molecular formula is C20H27N5OS. The SMILES string of the molecule is CC(=O)N(Cc1cncnc1)[C@@H]1CCCN(Cc2cnc(C3CC3)s2)CC1. The predicted molar refractivity (Wildman–Crippen MR) is 105 cm³/mol. The summed E-state index contributed by atoms with van der Waals surface area (Å²) in [7, 11) is 0. The van der Waals surface area contributed by atoms with Crippen LogP contribution in [0.4, 0.5) is 0 Å². The van der Waals surface area contributed by atoms with Gasteiger partial charge in [-0.2, -0.15) is 0 Å². The monoisotopic (exact) mass is 385 g/mol. The van der Waals surface area contributed by atoms with E-state index in [0.29, 0.717) is 6.54 Å². The lowest BCUT2D eigenvalue weighted by atomic mass is 10.1. The van der Waals surface area contributed by atoms with Gasteiger partial charge in [0.25, 0.3) is 0 Å². The number of likely N-dealkylation sites (tertiary alicyclic amines) is 1. The van der Waals surface area contributed by atoms with Crippen molar-refractivity contribution in [3.8, 4) is 0 Å². The number of carbonyl (C=O) groups is 1. The van der Waals surface area contributed by atoms with Crippen molar-refractivity contribution >= 4 is 17.2 Å². The fourth-order valence-corrected chi connectivity index (χ4v) is 4.98. The maximum absolute atomic E-state index is 12.3. The van der Waals surface area contributed by atoms with E-state index < -0.39 is 0 Å². The van der Waals surface area contributed by atoms with Gasteiger partial charge in [0.2, 0.25) is 5.91 Å². The molecule has 1 saturated heterocycles. The minimum Gasteiger partial charge on any atom is -0.335 e. The molecule has 7 heteroatoms. The van der Waals surface area contributed by atoms with Gasteiger partial charge in [-0.25, -0.2) is 15.0 Å². The molecule has 1 aliphatic heterocycles. The van der Waals surface area contributed by atoms with Crippen LogP contribution in [0, 0.1) is 0 Å². The zero-order chi connectivity index (χ0) is 18.6. The molecule has 1 saturated carbocycles. The third-order valence-corrected chi connectivity index (χ3v) is 6.62. The van der Waals surface area contributed by atoms with Crippen molar-refractivity contribution in [2.75, 3.05) is 13.1 Å². The molecule has 2 fully saturated rings. The first kappa shape index (κ1) is 18.5. The Morgan fingerprint density at radius 2 is 2.00 bits per heavy atom. The Bertz CT molecular complexity index is 761. The van der Waals surface area contributed by atoms with Gasteiger partial charge in [-0.05, 0) is 38.6 Å². The standard InChI is InChI=1S/C20H27N5OS/c1-15(26)25(12-16-9-21-14-22-10-16)18-3-2-7-24(8-6-18)13-19-11-23-20(27-19)17-4-5-17/h9-11,14,17-18H,2-8,12-13H2,1H3/t18-/m1/s1. The minimum absolute atomic E-state index is 0.133. The van der Waals surface area contributed by atoms with Gasteiger partial charge in [0, 0.05) is 67.5 Å². The van der Waals surface area contributed by atoms with Crippen LogP contribution in [0.15, 0.2) is 24.9 Å². The van der Waals surface area contributed by atoms with Crippen molar-refractivity contribution in [1.82, 2.24) is 24.8 Å². The van der Waals surface area contributed by atoms with Gasteiger partial charge in [-0.1, -0.05) is 0 Å². The normalized spacial score (nSPS) is 21.0. The molecule has 144 valence electrons. The van der Waals surface area contributed by atoms with E-state index in [1.807, 2.05) is 16.2 Å². The smallest absolute Gasteiger partial charge is 0.219 e. The average molecular weight is 386 g/mol. The first-order valence-electron chi connectivity index (χ1n) is 9.87. The first-order valence-corrected chi connectivity index (χ1v) is 10.7. The molecule has 2 aliphatic rings. The molecule has 1 aliphatic carbocycles. The molecule has 4 rings (SSSR count). The molecule has 2 aromatic rings. The molecule has 3 heterocycles. The Morgan fingerprint density at radius 3 is 2.74 bits per heavy atom. The molecule has 0 spiro atoms. The van der Waals surface area contributed by atoms with E-state index in [-0.39, 0.29) is 11.9 Å². The highest BCUT2D eigenvalue weighted by atomic mass is 32.1. The van der Waals surface area contributed by atoms with Crippen LogP contribution in [-0.4, -0.2) is 49.8 Å². The highest BCUT2D eigenvalue weighted by molar-refractivity contribution is 7.11. The van der Waals surface area contributed by atoms with Crippen LogP contribution in [0.1, 0.15) is 60.4 Å². The lowest BCUT2D eigenvalue weighted by Crippen LogP contribution is -2.39. The van der Waals surface area contributed by atoms with Crippen LogP contribution in [0.2, 0.25) is 0 Å². The van der Waals surface area contributed by atoms with Gasteiger partial charge in [0.15, 0.2) is 0 Å². The number of carbonyl (C=O) groups excluding carboxylic acids is 1. The Kier molecular flexibility index (Phi) is 5.78. The van der Waals surface area contributed by atoms with Crippen molar-refractivity contribution in [2.45, 2.75) is 64.1 Å². The Hall–Kier alpha value is -1.86. The van der Waals surface area contributed by atoms with Crippen molar-refractivity contribution in [3.63, 3.8) is 0 Å². The van der Waals surface area contributed by atoms with Crippen LogP contribution < -0.4 is 0 Å². The van der Waals surface area contributed by atoms with Crippen LogP contribution >= 0.6 is 11.3 Å². The molecular weight excluding hydrogens is 358 g/mol. The van der Waals surface area contributed by atoms with Crippen LogP contribution in [-0.2, 0) is 17.9 Å². The van der Waals surface area contributed by atoms with Gasteiger partial charge in [0.1, 0.15) is 6.33 Å². The average Bonchev–Trinajstić information content (AvgIpc) is 3.45. The third kappa shape index (κ3) is 4.90. The predicted octanol–water partition coefficient (Wildman–Crippen LogP) is 3.21. The summed E-state index contributed by atoms with van der Waals surface area (Å²) in [5.41, 5.74) is 0.992. The lowest BCUT2D eigenvalue weighted by Gasteiger charge is -2.30. The van der Waals surface area contributed by atoms with Gasteiger partial charge in [-0.15, -0.1) is 11.3 Å². The van der Waals surface area contributed by atoms with E-state index in [0.717, 1.165) is 50.4 Å². The summed E-state index contributed by atoms with van der Waals surface area (Å²) in [5.74, 6) is 0.872. The highest BCUT2D eigenvalue weighted by Gasteiger charge is 2.28. The van der Waals surface area contributed by atoms with E-state index in [4.69, 9.17) is 0 Å². The van der Waals surface area contributed by atoms with Crippen molar-refractivity contribution < 1.29 is 4.79 Å². The third-order valence-electron chi connectivity index (χ3n) is 5.48. The summed E-state index contributed by atoms with van der Waals surface area (Å²) in [6.07, 6.45) is 13.0. The Balaban J connectivity index is 1.35. The van der Waals surface area contributed by atoms with Crippen LogP contribution in [0.5, 0.6) is 0 Å². The number of amides is 1. The van der Waals surface area contributed by atoms with E-state index in [1.54, 1.807) is 19.3 Å². The molecule has 1 atom stereocenters. The van der Waals surface area contributed by atoms with Gasteiger partial charge < -0.3 is 4.90 Å². The van der Waals surface area contributed by atoms with Gasteiger partial charge >= 0.3 is 0 Å². The number of hydrogen-bond donors (Lipinski definition) is 0. The van der Waals surface area contributed by atoms with E-state index in [9.17, 15) is 4.79 Å². The molecule has 0 radical (unpaired) electrons. The van der Waals surface area contributed by atoms with Crippen molar-refractivity contribution in [1.29, 1.82) is 0 Å². The molecule has 27 heavy (non-hydrogen) atoms. The number of hydrogen-bond acceptors (Lipinski definition) is 6. The molecule has 1 amide bonds. The molecule has 2 aromatic heterocycles. The molecule has 0 bridgehead atoms. The summed E-state index contributed by atoms with van der Waals surface area (Å²) >= 11 is 1.89.